The summed E-state index contributed by atoms with van der Waals surface area (Å²) in [7, 11) is -1.29. The average molecular weight is 689 g/mol. The molecule has 3 aromatic carbocycles. The minimum atomic E-state index is -2.95. The third kappa shape index (κ3) is 12.4. The van der Waals surface area contributed by atoms with Gasteiger partial charge in [0.1, 0.15) is 12.6 Å². The summed E-state index contributed by atoms with van der Waals surface area (Å²) in [6, 6.07) is 31.5. The zero-order chi connectivity index (χ0) is 35.7. The van der Waals surface area contributed by atoms with Crippen molar-refractivity contribution in [3.63, 3.8) is 0 Å². The Hall–Kier alpha value is -2.91. The van der Waals surface area contributed by atoms with Crippen LogP contribution in [-0.4, -0.2) is 60.0 Å². The summed E-state index contributed by atoms with van der Waals surface area (Å²) < 4.78 is 31.2. The summed E-state index contributed by atoms with van der Waals surface area (Å²) in [6.45, 7) is 17.2. The predicted octanol–water partition coefficient (Wildman–Crippen LogP) is 8.13. The SMILES string of the molecule is CC[C@@H](/C=C(/C)[C@@H](C[C@@H](CC(=O)C(C)C)O[Si](c1ccccc1)(c1ccccc1)C(C)(C)C)OCOCCOC)COCc1ccccc1. The van der Waals surface area contributed by atoms with Gasteiger partial charge in [-0.25, -0.2) is 0 Å². The zero-order valence-corrected chi connectivity index (χ0v) is 32.2. The number of Topliss-reactive ketones (excluding diaryl/α,β-unsaturated/α-hetero) is 1. The molecule has 0 aliphatic rings. The molecule has 0 spiro atoms. The van der Waals surface area contributed by atoms with Crippen LogP contribution in [0.4, 0.5) is 0 Å². The first-order valence-corrected chi connectivity index (χ1v) is 19.7. The van der Waals surface area contributed by atoms with Crippen LogP contribution >= 0.6 is 0 Å². The standard InChI is InChI=1S/C42H60O6Si/c1-9-35(30-46-31-36-19-13-10-14-20-36)27-34(4)41(47-32-45-26-25-44-8)29-37(28-40(43)33(2)3)48-49(42(5,6)7,38-21-15-11-16-22-38)39-23-17-12-18-24-39/h10-24,27,33,35,37,41H,9,25-26,28-32H2,1-8H3/b34-27-/t35-,37+,41+/m0/s1. The van der Waals surface area contributed by atoms with E-state index < -0.39 is 8.32 Å². The fourth-order valence-electron chi connectivity index (χ4n) is 6.20. The molecule has 0 aliphatic carbocycles. The molecular formula is C42H60O6Si. The molecule has 3 aromatic rings. The Labute approximate surface area is 297 Å². The van der Waals surface area contributed by atoms with Gasteiger partial charge in [-0.1, -0.05) is 139 Å². The number of ketones is 1. The first kappa shape index (κ1) is 40.5. The molecular weight excluding hydrogens is 629 g/mol. The molecule has 0 saturated heterocycles. The van der Waals surface area contributed by atoms with Crippen molar-refractivity contribution in [3.05, 3.63) is 108 Å². The molecule has 0 N–H and O–H groups in total. The van der Waals surface area contributed by atoms with E-state index in [1.54, 1.807) is 7.11 Å². The van der Waals surface area contributed by atoms with Gasteiger partial charge < -0.3 is 23.4 Å². The monoisotopic (exact) mass is 688 g/mol. The van der Waals surface area contributed by atoms with E-state index in [0.29, 0.717) is 39.3 Å². The fraction of sp³-hybridized carbons (Fsp3) is 0.500. The van der Waals surface area contributed by atoms with E-state index in [4.69, 9.17) is 23.4 Å². The van der Waals surface area contributed by atoms with Gasteiger partial charge >= 0.3 is 0 Å². The second-order valence-electron chi connectivity index (χ2n) is 14.2. The van der Waals surface area contributed by atoms with Crippen LogP contribution in [-0.2, 0) is 34.8 Å². The van der Waals surface area contributed by atoms with Crippen LogP contribution in [0.25, 0.3) is 0 Å². The summed E-state index contributed by atoms with van der Waals surface area (Å²) in [4.78, 5) is 13.5. The second-order valence-corrected chi connectivity index (χ2v) is 18.5. The highest BCUT2D eigenvalue weighted by Gasteiger charge is 2.51. The molecule has 0 radical (unpaired) electrons. The Morgan fingerprint density at radius 3 is 1.92 bits per heavy atom. The van der Waals surface area contributed by atoms with Gasteiger partial charge in [0, 0.05) is 31.8 Å². The maximum absolute atomic E-state index is 13.5. The minimum absolute atomic E-state index is 0.107. The molecule has 0 aliphatic heterocycles. The molecule has 0 bridgehead atoms. The number of rotatable bonds is 22. The van der Waals surface area contributed by atoms with Crippen molar-refractivity contribution >= 4 is 24.5 Å². The number of carbonyl (C=O) groups is 1. The number of ether oxygens (including phenoxy) is 4. The summed E-state index contributed by atoms with van der Waals surface area (Å²) in [6.07, 6.45) is 3.31. The Bertz CT molecular complexity index is 1330. The molecule has 3 atom stereocenters. The first-order valence-electron chi connectivity index (χ1n) is 17.8. The highest BCUT2D eigenvalue weighted by atomic mass is 28.4. The highest BCUT2D eigenvalue weighted by Crippen LogP contribution is 2.39. The summed E-state index contributed by atoms with van der Waals surface area (Å²) >= 11 is 0. The van der Waals surface area contributed by atoms with Gasteiger partial charge in [-0.15, -0.1) is 0 Å². The first-order chi connectivity index (χ1) is 23.5. The third-order valence-electron chi connectivity index (χ3n) is 9.07. The van der Waals surface area contributed by atoms with Gasteiger partial charge in [-0.05, 0) is 39.9 Å². The highest BCUT2D eigenvalue weighted by molar-refractivity contribution is 6.99. The van der Waals surface area contributed by atoms with Gasteiger partial charge in [-0.2, -0.15) is 0 Å². The zero-order valence-electron chi connectivity index (χ0n) is 31.2. The van der Waals surface area contributed by atoms with Gasteiger partial charge in [0.2, 0.25) is 0 Å². The predicted molar refractivity (Wildman–Crippen MR) is 203 cm³/mol. The molecule has 3 rings (SSSR count). The van der Waals surface area contributed by atoms with Crippen LogP contribution < -0.4 is 10.4 Å². The lowest BCUT2D eigenvalue weighted by Gasteiger charge is -2.45. The van der Waals surface area contributed by atoms with Gasteiger partial charge in [0.15, 0.2) is 0 Å². The summed E-state index contributed by atoms with van der Waals surface area (Å²) in [5.74, 6) is 0.280. The van der Waals surface area contributed by atoms with Crippen molar-refractivity contribution in [1.82, 2.24) is 0 Å². The quantitative estimate of drug-likeness (QED) is 0.0460. The van der Waals surface area contributed by atoms with Crippen molar-refractivity contribution in [3.8, 4) is 0 Å². The number of hydrogen-bond donors (Lipinski definition) is 0. The maximum atomic E-state index is 13.5. The number of methoxy groups -OCH3 is 1. The smallest absolute Gasteiger partial charge is 0.261 e. The number of carbonyl (C=O) groups excluding carboxylic acids is 1. The van der Waals surface area contributed by atoms with Gasteiger partial charge in [0.05, 0.1) is 38.6 Å². The van der Waals surface area contributed by atoms with E-state index in [2.05, 4.69) is 101 Å². The Morgan fingerprint density at radius 2 is 1.41 bits per heavy atom. The van der Waals surface area contributed by atoms with Crippen molar-refractivity contribution < 1.29 is 28.2 Å². The second kappa shape index (κ2) is 20.7. The topological polar surface area (TPSA) is 63.2 Å². The molecule has 7 heteroatoms. The van der Waals surface area contributed by atoms with Crippen LogP contribution in [0.3, 0.4) is 0 Å². The van der Waals surface area contributed by atoms with Crippen molar-refractivity contribution in [2.24, 2.45) is 11.8 Å². The molecule has 0 unspecified atom stereocenters. The van der Waals surface area contributed by atoms with E-state index in [0.717, 1.165) is 17.6 Å². The van der Waals surface area contributed by atoms with Crippen LogP contribution in [0.2, 0.25) is 5.04 Å². The van der Waals surface area contributed by atoms with Gasteiger partial charge in [-0.3, -0.25) is 4.79 Å². The van der Waals surface area contributed by atoms with E-state index in [1.807, 2.05) is 44.2 Å². The van der Waals surface area contributed by atoms with Crippen molar-refractivity contribution in [2.75, 3.05) is 33.7 Å². The molecule has 268 valence electrons. The van der Waals surface area contributed by atoms with Crippen LogP contribution in [0.1, 0.15) is 73.3 Å². The Kier molecular flexibility index (Phi) is 17.1. The van der Waals surface area contributed by atoms with E-state index in [1.165, 1.54) is 10.4 Å². The molecule has 0 aromatic heterocycles. The molecule has 49 heavy (non-hydrogen) atoms. The normalized spacial score (nSPS) is 14.5. The summed E-state index contributed by atoms with van der Waals surface area (Å²) in [5, 5.41) is 2.14. The summed E-state index contributed by atoms with van der Waals surface area (Å²) in [5.41, 5.74) is 2.24. The average Bonchev–Trinajstić information content (AvgIpc) is 3.09. The van der Waals surface area contributed by atoms with Crippen LogP contribution in [0.15, 0.2) is 103 Å². The Morgan fingerprint density at radius 1 is 0.837 bits per heavy atom. The van der Waals surface area contributed by atoms with Crippen LogP contribution in [0, 0.1) is 11.8 Å². The fourth-order valence-corrected chi connectivity index (χ4v) is 10.9. The van der Waals surface area contributed by atoms with Crippen molar-refractivity contribution in [1.29, 1.82) is 0 Å². The lowest BCUT2D eigenvalue weighted by atomic mass is 9.95. The maximum Gasteiger partial charge on any atom is 0.261 e. The lowest BCUT2D eigenvalue weighted by molar-refractivity contribution is -0.124. The third-order valence-corrected chi connectivity index (χ3v) is 14.2. The van der Waals surface area contributed by atoms with Gasteiger partial charge in [0.25, 0.3) is 8.32 Å². The molecule has 0 saturated carbocycles. The molecule has 0 fully saturated rings. The Balaban J connectivity index is 2.00. The number of benzene rings is 3. The largest absolute Gasteiger partial charge is 0.404 e. The molecule has 0 amide bonds. The van der Waals surface area contributed by atoms with E-state index >= 15 is 0 Å². The van der Waals surface area contributed by atoms with Crippen LogP contribution in [0.5, 0.6) is 0 Å². The number of hydrogen-bond acceptors (Lipinski definition) is 6. The van der Waals surface area contributed by atoms with Crippen molar-refractivity contribution in [2.45, 2.75) is 91.6 Å². The minimum Gasteiger partial charge on any atom is -0.404 e. The molecule has 0 heterocycles. The molecule has 6 nitrogen and oxygen atoms in total. The van der Waals surface area contributed by atoms with E-state index in [-0.39, 0.29) is 41.7 Å². The lowest BCUT2D eigenvalue weighted by Crippen LogP contribution is -2.68. The van der Waals surface area contributed by atoms with E-state index in [9.17, 15) is 4.79 Å².